The predicted molar refractivity (Wildman–Crippen MR) is 87.3 cm³/mol. The summed E-state index contributed by atoms with van der Waals surface area (Å²) in [4.78, 5) is 12.2. The van der Waals surface area contributed by atoms with Crippen LogP contribution in [0.15, 0.2) is 18.2 Å². The van der Waals surface area contributed by atoms with Gasteiger partial charge >= 0.3 is 0 Å². The van der Waals surface area contributed by atoms with E-state index in [-0.39, 0.29) is 17.8 Å². The lowest BCUT2D eigenvalue weighted by Crippen LogP contribution is -2.36. The van der Waals surface area contributed by atoms with Gasteiger partial charge in [-0.25, -0.2) is 4.39 Å². The summed E-state index contributed by atoms with van der Waals surface area (Å²) in [5.41, 5.74) is 0.739. The number of benzene rings is 1. The molecule has 122 valence electrons. The third-order valence-electron chi connectivity index (χ3n) is 4.45. The van der Waals surface area contributed by atoms with Crippen molar-refractivity contribution < 1.29 is 9.18 Å². The third kappa shape index (κ3) is 4.68. The molecular formula is C17H24ClFN2O. The largest absolute Gasteiger partial charge is 0.350 e. The molecule has 1 fully saturated rings. The molecule has 2 rings (SSSR count). The van der Waals surface area contributed by atoms with E-state index in [0.717, 1.165) is 18.7 Å². The van der Waals surface area contributed by atoms with Crippen LogP contribution in [0.1, 0.15) is 44.7 Å². The smallest absolute Gasteiger partial charge is 0.220 e. The van der Waals surface area contributed by atoms with Crippen LogP contribution in [-0.4, -0.2) is 19.0 Å². The van der Waals surface area contributed by atoms with Crippen LogP contribution in [-0.2, 0) is 4.79 Å². The number of carbonyl (C=O) groups is 1. The van der Waals surface area contributed by atoms with Crippen LogP contribution in [0.4, 0.5) is 4.39 Å². The highest BCUT2D eigenvalue weighted by atomic mass is 35.5. The number of hydrogen-bond donors (Lipinski definition) is 2. The molecule has 3 atom stereocenters. The maximum absolute atomic E-state index is 13.1. The molecule has 0 aromatic heterocycles. The van der Waals surface area contributed by atoms with Crippen molar-refractivity contribution in [2.75, 3.05) is 13.1 Å². The Kier molecular flexibility index (Phi) is 6.21. The van der Waals surface area contributed by atoms with Crippen molar-refractivity contribution in [3.05, 3.63) is 34.6 Å². The second-order valence-electron chi connectivity index (χ2n) is 6.24. The predicted octanol–water partition coefficient (Wildman–Crippen LogP) is 3.68. The van der Waals surface area contributed by atoms with Crippen molar-refractivity contribution in [3.63, 3.8) is 0 Å². The van der Waals surface area contributed by atoms with Crippen LogP contribution >= 0.6 is 11.6 Å². The number of carbonyl (C=O) groups excluding carboxylic acids is 1. The molecule has 0 spiro atoms. The number of nitrogens with one attached hydrogen (secondary N) is 2. The number of rotatable bonds is 5. The molecule has 1 saturated heterocycles. The van der Waals surface area contributed by atoms with Gasteiger partial charge in [0.15, 0.2) is 0 Å². The Morgan fingerprint density at radius 1 is 1.50 bits per heavy atom. The molecule has 1 aromatic carbocycles. The maximum atomic E-state index is 13.1. The minimum Gasteiger partial charge on any atom is -0.350 e. The summed E-state index contributed by atoms with van der Waals surface area (Å²) in [6.45, 7) is 6.07. The summed E-state index contributed by atoms with van der Waals surface area (Å²) < 4.78 is 13.1. The van der Waals surface area contributed by atoms with Gasteiger partial charge in [0.05, 0.1) is 6.04 Å². The van der Waals surface area contributed by atoms with Crippen LogP contribution in [0, 0.1) is 17.7 Å². The van der Waals surface area contributed by atoms with Gasteiger partial charge in [0.2, 0.25) is 5.91 Å². The fourth-order valence-corrected chi connectivity index (χ4v) is 3.39. The first kappa shape index (κ1) is 17.2. The number of hydrogen-bond acceptors (Lipinski definition) is 2. The molecular weight excluding hydrogens is 303 g/mol. The van der Waals surface area contributed by atoms with E-state index in [9.17, 15) is 9.18 Å². The van der Waals surface area contributed by atoms with Crippen molar-refractivity contribution in [2.24, 2.45) is 11.8 Å². The maximum Gasteiger partial charge on any atom is 0.220 e. The summed E-state index contributed by atoms with van der Waals surface area (Å²) in [6.07, 6.45) is 2.87. The Balaban J connectivity index is 1.87. The van der Waals surface area contributed by atoms with E-state index in [1.54, 1.807) is 6.07 Å². The van der Waals surface area contributed by atoms with Gasteiger partial charge in [-0.2, -0.15) is 0 Å². The van der Waals surface area contributed by atoms with Gasteiger partial charge in [-0.05, 0) is 62.4 Å². The zero-order chi connectivity index (χ0) is 16.1. The Bertz CT molecular complexity index is 517. The molecule has 0 saturated carbocycles. The number of amides is 1. The van der Waals surface area contributed by atoms with Gasteiger partial charge in [0.25, 0.3) is 0 Å². The minimum atomic E-state index is -0.370. The molecule has 0 radical (unpaired) electrons. The number of halogens is 2. The van der Waals surface area contributed by atoms with E-state index < -0.39 is 0 Å². The van der Waals surface area contributed by atoms with Crippen molar-refractivity contribution in [1.29, 1.82) is 0 Å². The number of piperidine rings is 1. The zero-order valence-electron chi connectivity index (χ0n) is 13.2. The second-order valence-corrected chi connectivity index (χ2v) is 6.65. The van der Waals surface area contributed by atoms with E-state index in [1.807, 2.05) is 6.92 Å². The molecule has 3 nitrogen and oxygen atoms in total. The molecule has 3 unspecified atom stereocenters. The van der Waals surface area contributed by atoms with Crippen molar-refractivity contribution in [2.45, 2.75) is 39.2 Å². The second kappa shape index (κ2) is 7.93. The van der Waals surface area contributed by atoms with E-state index >= 15 is 0 Å². The van der Waals surface area contributed by atoms with Crippen LogP contribution in [0.2, 0.25) is 5.02 Å². The molecule has 1 aliphatic rings. The summed E-state index contributed by atoms with van der Waals surface area (Å²) in [6, 6.07) is 4.03. The Labute approximate surface area is 136 Å². The average molecular weight is 327 g/mol. The first-order valence-corrected chi connectivity index (χ1v) is 8.30. The first-order chi connectivity index (χ1) is 10.5. The monoisotopic (exact) mass is 326 g/mol. The molecule has 5 heteroatoms. The van der Waals surface area contributed by atoms with E-state index in [1.165, 1.54) is 25.0 Å². The fourth-order valence-electron chi connectivity index (χ4n) is 3.05. The Morgan fingerprint density at radius 2 is 2.27 bits per heavy atom. The van der Waals surface area contributed by atoms with E-state index in [2.05, 4.69) is 17.6 Å². The highest BCUT2D eigenvalue weighted by Gasteiger charge is 2.23. The van der Waals surface area contributed by atoms with Gasteiger partial charge in [-0.3, -0.25) is 4.79 Å². The van der Waals surface area contributed by atoms with Gasteiger partial charge in [0, 0.05) is 11.4 Å². The van der Waals surface area contributed by atoms with E-state index in [4.69, 9.17) is 11.6 Å². The molecule has 1 aliphatic heterocycles. The van der Waals surface area contributed by atoms with Crippen molar-refractivity contribution in [1.82, 2.24) is 10.6 Å². The lowest BCUT2D eigenvalue weighted by molar-refractivity contribution is -0.123. The Hall–Kier alpha value is -1.13. The molecule has 1 aromatic rings. The van der Waals surface area contributed by atoms with Crippen molar-refractivity contribution >= 4 is 17.5 Å². The summed E-state index contributed by atoms with van der Waals surface area (Å²) in [5, 5.41) is 6.69. The Morgan fingerprint density at radius 3 is 2.91 bits per heavy atom. The summed E-state index contributed by atoms with van der Waals surface area (Å²) >= 11 is 6.04. The highest BCUT2D eigenvalue weighted by molar-refractivity contribution is 6.31. The van der Waals surface area contributed by atoms with Crippen molar-refractivity contribution in [3.8, 4) is 0 Å². The average Bonchev–Trinajstić information content (AvgIpc) is 2.47. The van der Waals surface area contributed by atoms with Gasteiger partial charge in [0.1, 0.15) is 5.82 Å². The molecule has 1 amide bonds. The summed E-state index contributed by atoms with van der Waals surface area (Å²) in [5.74, 6) is 0.560. The van der Waals surface area contributed by atoms with Crippen LogP contribution in [0.5, 0.6) is 0 Å². The van der Waals surface area contributed by atoms with Gasteiger partial charge in [-0.15, -0.1) is 0 Å². The molecule has 0 aliphatic carbocycles. The third-order valence-corrected chi connectivity index (χ3v) is 4.78. The first-order valence-electron chi connectivity index (χ1n) is 7.92. The lowest BCUT2D eigenvalue weighted by Gasteiger charge is -2.28. The van der Waals surface area contributed by atoms with Crippen LogP contribution in [0.3, 0.4) is 0 Å². The summed E-state index contributed by atoms with van der Waals surface area (Å²) in [7, 11) is 0. The van der Waals surface area contributed by atoms with Crippen LogP contribution < -0.4 is 10.6 Å². The fraction of sp³-hybridized carbons (Fsp3) is 0.588. The van der Waals surface area contributed by atoms with Gasteiger partial charge < -0.3 is 10.6 Å². The van der Waals surface area contributed by atoms with E-state index in [0.29, 0.717) is 23.3 Å². The molecule has 22 heavy (non-hydrogen) atoms. The standard InChI is InChI=1S/C17H24ClFN2O/c1-11(13-4-3-7-20-10-13)8-17(22)21-12(2)15-6-5-14(19)9-16(15)18/h5-6,9,11-13,20H,3-4,7-8,10H2,1-2H3,(H,21,22). The molecule has 0 bridgehead atoms. The minimum absolute atomic E-state index is 0.0194. The highest BCUT2D eigenvalue weighted by Crippen LogP contribution is 2.25. The molecule has 1 heterocycles. The van der Waals surface area contributed by atoms with Crippen LogP contribution in [0.25, 0.3) is 0 Å². The zero-order valence-corrected chi connectivity index (χ0v) is 13.9. The topological polar surface area (TPSA) is 41.1 Å². The quantitative estimate of drug-likeness (QED) is 0.866. The normalized spacial score (nSPS) is 21.2. The SMILES string of the molecule is CC(NC(=O)CC(C)C1CCCNC1)c1ccc(F)cc1Cl. The molecule has 2 N–H and O–H groups in total. The lowest BCUT2D eigenvalue weighted by atomic mass is 9.85. The van der Waals surface area contributed by atoms with Gasteiger partial charge in [-0.1, -0.05) is 24.6 Å².